The molecule has 7 nitrogen and oxygen atoms in total. The van der Waals surface area contributed by atoms with Crippen molar-refractivity contribution in [2.24, 2.45) is 5.92 Å². The molecular formula is C36H46F2N2O5. The number of benzene rings is 3. The molecule has 0 aromatic heterocycles. The number of hydrogen-bond acceptors (Lipinski definition) is 5. The summed E-state index contributed by atoms with van der Waals surface area (Å²) in [7, 11) is 0. The van der Waals surface area contributed by atoms with Gasteiger partial charge in [-0.15, -0.1) is 0 Å². The highest BCUT2D eigenvalue weighted by atomic mass is 19.1. The van der Waals surface area contributed by atoms with Crippen molar-refractivity contribution in [1.82, 2.24) is 10.6 Å². The second-order valence-corrected chi connectivity index (χ2v) is 13.5. The molecule has 0 aliphatic carbocycles. The van der Waals surface area contributed by atoms with Gasteiger partial charge in [0, 0.05) is 6.04 Å². The van der Waals surface area contributed by atoms with Crippen molar-refractivity contribution < 1.29 is 32.6 Å². The Kier molecular flexibility index (Phi) is 12.0. The Labute approximate surface area is 265 Å². The van der Waals surface area contributed by atoms with Gasteiger partial charge in [0.2, 0.25) is 0 Å². The predicted molar refractivity (Wildman–Crippen MR) is 173 cm³/mol. The molecular weight excluding hydrogens is 578 g/mol. The molecule has 0 fully saturated rings. The molecule has 0 spiro atoms. The number of alkyl carbamates (subject to hydrolysis) is 2. The fraction of sp³-hybridized carbons (Fsp3) is 0.444. The fourth-order valence-corrected chi connectivity index (χ4v) is 4.58. The monoisotopic (exact) mass is 624 g/mol. The molecule has 9 heteroatoms. The maximum absolute atomic E-state index is 13.7. The smallest absolute Gasteiger partial charge is 0.407 e. The Morgan fingerprint density at radius 3 is 1.53 bits per heavy atom. The van der Waals surface area contributed by atoms with Crippen LogP contribution in [0.5, 0.6) is 5.75 Å². The molecule has 45 heavy (non-hydrogen) atoms. The molecule has 2 atom stereocenters. The molecule has 3 rings (SSSR count). The summed E-state index contributed by atoms with van der Waals surface area (Å²) in [4.78, 5) is 25.3. The van der Waals surface area contributed by atoms with Gasteiger partial charge in [0.1, 0.15) is 35.2 Å². The van der Waals surface area contributed by atoms with Gasteiger partial charge in [-0.25, -0.2) is 18.4 Å². The number of nitrogens with one attached hydrogen (secondary N) is 2. The zero-order valence-corrected chi connectivity index (χ0v) is 27.5. The lowest BCUT2D eigenvalue weighted by Crippen LogP contribution is -2.45. The van der Waals surface area contributed by atoms with E-state index in [1.54, 1.807) is 45.0 Å². The number of amides is 2. The van der Waals surface area contributed by atoms with Crippen molar-refractivity contribution >= 4 is 12.2 Å². The van der Waals surface area contributed by atoms with Crippen molar-refractivity contribution in [2.45, 2.75) is 91.5 Å². The average Bonchev–Trinajstić information content (AvgIpc) is 2.92. The molecule has 0 heterocycles. The van der Waals surface area contributed by atoms with E-state index in [1.807, 2.05) is 52.8 Å². The van der Waals surface area contributed by atoms with Crippen LogP contribution in [0.15, 0.2) is 66.7 Å². The normalized spacial score (nSPS) is 13.1. The van der Waals surface area contributed by atoms with Gasteiger partial charge in [-0.3, -0.25) is 0 Å². The van der Waals surface area contributed by atoms with Crippen LogP contribution in [0.3, 0.4) is 0 Å². The second-order valence-electron chi connectivity index (χ2n) is 13.5. The van der Waals surface area contributed by atoms with Crippen LogP contribution in [0, 0.1) is 17.6 Å². The first-order valence-electron chi connectivity index (χ1n) is 15.3. The van der Waals surface area contributed by atoms with Crippen LogP contribution in [0.4, 0.5) is 18.4 Å². The molecule has 3 aromatic rings. The topological polar surface area (TPSA) is 85.9 Å². The van der Waals surface area contributed by atoms with Crippen molar-refractivity contribution in [3.8, 4) is 28.0 Å². The molecule has 0 saturated carbocycles. The van der Waals surface area contributed by atoms with E-state index in [2.05, 4.69) is 10.6 Å². The number of carbonyl (C=O) groups excluding carboxylic acids is 2. The quantitative estimate of drug-likeness (QED) is 0.223. The maximum atomic E-state index is 13.7. The number of ether oxygens (including phenoxy) is 3. The predicted octanol–water partition coefficient (Wildman–Crippen LogP) is 8.90. The van der Waals surface area contributed by atoms with E-state index in [4.69, 9.17) is 14.2 Å². The van der Waals surface area contributed by atoms with E-state index >= 15 is 0 Å². The van der Waals surface area contributed by atoms with Crippen LogP contribution in [-0.4, -0.2) is 42.1 Å². The Hall–Kier alpha value is -4.14. The first-order valence-corrected chi connectivity index (χ1v) is 15.3. The zero-order valence-electron chi connectivity index (χ0n) is 27.5. The lowest BCUT2D eigenvalue weighted by molar-refractivity contribution is 0.0453. The van der Waals surface area contributed by atoms with Crippen molar-refractivity contribution in [3.63, 3.8) is 0 Å². The Morgan fingerprint density at radius 1 is 0.667 bits per heavy atom. The van der Waals surface area contributed by atoms with Crippen LogP contribution in [-0.2, 0) is 9.47 Å². The number of rotatable bonds is 11. The molecule has 3 aromatic carbocycles. The van der Waals surface area contributed by atoms with Gasteiger partial charge in [-0.2, -0.15) is 0 Å². The van der Waals surface area contributed by atoms with Crippen LogP contribution in [0.25, 0.3) is 22.3 Å². The minimum Gasteiger partial charge on any atom is -0.491 e. The molecule has 0 aliphatic heterocycles. The van der Waals surface area contributed by atoms with Crippen LogP contribution in [0.1, 0.15) is 68.2 Å². The minimum absolute atomic E-state index is 0.103. The van der Waals surface area contributed by atoms with E-state index in [0.29, 0.717) is 18.6 Å². The first kappa shape index (κ1) is 35.3. The summed E-state index contributed by atoms with van der Waals surface area (Å²) >= 11 is 0. The van der Waals surface area contributed by atoms with Crippen molar-refractivity contribution in [3.05, 3.63) is 78.4 Å². The minimum atomic E-state index is -0.693. The number of hydrogen-bond donors (Lipinski definition) is 2. The lowest BCUT2D eigenvalue weighted by atomic mass is 9.97. The van der Waals surface area contributed by atoms with Crippen LogP contribution < -0.4 is 15.4 Å². The van der Waals surface area contributed by atoms with E-state index < -0.39 is 29.4 Å². The molecule has 1 unspecified atom stereocenters. The molecule has 2 amide bonds. The van der Waals surface area contributed by atoms with Crippen LogP contribution >= 0.6 is 0 Å². The Morgan fingerprint density at radius 2 is 1.11 bits per heavy atom. The fourth-order valence-electron chi connectivity index (χ4n) is 4.58. The molecule has 0 bridgehead atoms. The molecule has 0 saturated heterocycles. The van der Waals surface area contributed by atoms with E-state index in [-0.39, 0.29) is 30.2 Å². The third-order valence-electron chi connectivity index (χ3n) is 6.77. The first-order chi connectivity index (χ1) is 21.0. The number of carbonyl (C=O) groups is 2. The molecule has 2 N–H and O–H groups in total. The van der Waals surface area contributed by atoms with Gasteiger partial charge in [0.25, 0.3) is 0 Å². The van der Waals surface area contributed by atoms with E-state index in [9.17, 15) is 18.4 Å². The van der Waals surface area contributed by atoms with Gasteiger partial charge < -0.3 is 24.8 Å². The average molecular weight is 625 g/mol. The highest BCUT2D eigenvalue weighted by Crippen LogP contribution is 2.32. The Balaban J connectivity index is 1.85. The summed E-state index contributed by atoms with van der Waals surface area (Å²) in [5.41, 5.74) is 1.80. The summed E-state index contributed by atoms with van der Waals surface area (Å²) < 4.78 is 44.6. The van der Waals surface area contributed by atoms with Gasteiger partial charge in [0.05, 0.1) is 6.04 Å². The Bertz CT molecular complexity index is 1350. The van der Waals surface area contributed by atoms with Gasteiger partial charge in [-0.1, -0.05) is 38.1 Å². The molecule has 0 aliphatic rings. The summed E-state index contributed by atoms with van der Waals surface area (Å²) in [5, 5.41) is 5.87. The summed E-state index contributed by atoms with van der Waals surface area (Å²) in [6.07, 6.45) is -0.0678. The van der Waals surface area contributed by atoms with E-state index in [1.165, 1.54) is 24.3 Å². The SMILES string of the molecule is CC(C)C(CC[C@@H](COc1cc(-c2ccc(F)cc2)cc(-c2ccc(F)cc2)c1)NC(=O)OC(C)(C)C)NC(=O)OC(C)(C)C. The second kappa shape index (κ2) is 15.2. The summed E-state index contributed by atoms with van der Waals surface area (Å²) in [6, 6.07) is 17.2. The lowest BCUT2D eigenvalue weighted by Gasteiger charge is -2.28. The third-order valence-corrected chi connectivity index (χ3v) is 6.77. The van der Waals surface area contributed by atoms with Crippen LogP contribution in [0.2, 0.25) is 0 Å². The summed E-state index contributed by atoms with van der Waals surface area (Å²) in [6.45, 7) is 14.9. The molecule has 0 radical (unpaired) electrons. The van der Waals surface area contributed by atoms with Gasteiger partial charge in [-0.05, 0) is 125 Å². The van der Waals surface area contributed by atoms with Gasteiger partial charge in [0.15, 0.2) is 0 Å². The third kappa shape index (κ3) is 12.4. The zero-order chi connectivity index (χ0) is 33.4. The van der Waals surface area contributed by atoms with E-state index in [0.717, 1.165) is 22.3 Å². The molecule has 244 valence electrons. The van der Waals surface area contributed by atoms with Gasteiger partial charge >= 0.3 is 12.2 Å². The maximum Gasteiger partial charge on any atom is 0.407 e. The van der Waals surface area contributed by atoms with Crippen molar-refractivity contribution in [2.75, 3.05) is 6.61 Å². The highest BCUT2D eigenvalue weighted by molar-refractivity contribution is 5.75. The standard InChI is InChI=1S/C36H46F2N2O5/c1-23(2)32(40-34(42)45-36(6,7)8)18-17-30(39-33(41)44-35(3,4)5)22-43-31-20-26(24-9-13-28(37)14-10-24)19-27(21-31)25-11-15-29(38)16-12-25/h9-16,19-21,23,30,32H,17-18,22H2,1-8H3,(H,39,41)(H,40,42)/t30-,32?/m0/s1. The summed E-state index contributed by atoms with van der Waals surface area (Å²) in [5.74, 6) is -0.0747. The number of halogens is 2. The highest BCUT2D eigenvalue weighted by Gasteiger charge is 2.25. The van der Waals surface area contributed by atoms with Crippen molar-refractivity contribution in [1.29, 1.82) is 0 Å². The largest absolute Gasteiger partial charge is 0.491 e.